The van der Waals surface area contributed by atoms with Crippen LogP contribution in [-0.2, 0) is 11.0 Å². The number of hydrogen-bond acceptors (Lipinski definition) is 3. The van der Waals surface area contributed by atoms with Gasteiger partial charge in [-0.1, -0.05) is 12.1 Å². The predicted octanol–water partition coefficient (Wildman–Crippen LogP) is 3.92. The van der Waals surface area contributed by atoms with Crippen molar-refractivity contribution in [3.63, 3.8) is 0 Å². The Labute approximate surface area is 132 Å². The molecule has 1 aromatic carbocycles. The van der Waals surface area contributed by atoms with Gasteiger partial charge in [0.25, 0.3) is 0 Å². The van der Waals surface area contributed by atoms with Crippen molar-refractivity contribution in [3.05, 3.63) is 35.4 Å². The second-order valence-electron chi connectivity index (χ2n) is 4.40. The minimum absolute atomic E-state index is 0.110. The number of carbonyl (C=O) groups excluding carboxylic acids is 1. The van der Waals surface area contributed by atoms with Gasteiger partial charge < -0.3 is 5.32 Å². The Bertz CT molecular complexity index is 607. The van der Waals surface area contributed by atoms with E-state index in [0.717, 1.165) is 18.2 Å². The molecule has 0 bridgehead atoms. The molecular formula is C13H10F6N2OS. The van der Waals surface area contributed by atoms with Gasteiger partial charge in [0.1, 0.15) is 0 Å². The van der Waals surface area contributed by atoms with E-state index in [2.05, 4.69) is 17.2 Å². The van der Waals surface area contributed by atoms with Gasteiger partial charge in [-0.05, 0) is 36.3 Å². The molecule has 0 aromatic heterocycles. The number of hydrogen-bond donors (Lipinski definition) is 1. The number of halogens is 6. The topological polar surface area (TPSA) is 41.5 Å². The van der Waals surface area contributed by atoms with Gasteiger partial charge in [-0.3, -0.25) is 4.79 Å². The molecule has 3 nitrogen and oxygen atoms in total. The molecule has 0 saturated heterocycles. The average Bonchev–Trinajstić information content (AvgIpc) is 2.44. The molecule has 1 amide bonds. The molecular weight excluding hydrogens is 346 g/mol. The summed E-state index contributed by atoms with van der Waals surface area (Å²) in [4.78, 5) is 14.3. The summed E-state index contributed by atoms with van der Waals surface area (Å²) in [7, 11) is 0. The largest absolute Gasteiger partial charge is 0.471 e. The first-order valence-electron chi connectivity index (χ1n) is 6.15. The minimum Gasteiger partial charge on any atom is -0.348 e. The number of isothiocyanates is 1. The molecule has 0 spiro atoms. The Hall–Kier alpha value is -1.93. The highest BCUT2D eigenvalue weighted by atomic mass is 32.1. The molecule has 1 unspecified atom stereocenters. The molecule has 1 N–H and O–H groups in total. The number of benzene rings is 1. The maximum Gasteiger partial charge on any atom is 0.471 e. The zero-order valence-corrected chi connectivity index (χ0v) is 12.1. The SMILES string of the molecule is O=C(NCCC(N=C=S)c1cccc(C(F)(F)F)c1)C(F)(F)F. The number of alkyl halides is 6. The van der Waals surface area contributed by atoms with Gasteiger partial charge in [0, 0.05) is 6.54 Å². The summed E-state index contributed by atoms with van der Waals surface area (Å²) in [5.74, 6) is -2.13. The van der Waals surface area contributed by atoms with Gasteiger partial charge in [0.15, 0.2) is 0 Å². The Morgan fingerprint density at radius 3 is 2.43 bits per heavy atom. The minimum atomic E-state index is -5.03. The van der Waals surface area contributed by atoms with Crippen molar-refractivity contribution >= 4 is 23.3 Å². The quantitative estimate of drug-likeness (QED) is 0.494. The van der Waals surface area contributed by atoms with E-state index < -0.39 is 36.4 Å². The third-order valence-corrected chi connectivity index (χ3v) is 2.87. The fourth-order valence-electron chi connectivity index (χ4n) is 1.71. The van der Waals surface area contributed by atoms with Crippen LogP contribution in [0.15, 0.2) is 29.3 Å². The van der Waals surface area contributed by atoms with E-state index in [1.807, 2.05) is 5.16 Å². The lowest BCUT2D eigenvalue weighted by Gasteiger charge is -2.15. The van der Waals surface area contributed by atoms with Crippen molar-refractivity contribution in [2.75, 3.05) is 6.54 Å². The summed E-state index contributed by atoms with van der Waals surface area (Å²) in [6, 6.07) is 3.22. The molecule has 0 aliphatic rings. The first kappa shape index (κ1) is 19.1. The molecule has 1 rings (SSSR count). The van der Waals surface area contributed by atoms with E-state index in [4.69, 9.17) is 0 Å². The van der Waals surface area contributed by atoms with Crippen LogP contribution in [0.5, 0.6) is 0 Å². The van der Waals surface area contributed by atoms with Crippen LogP contribution in [0.1, 0.15) is 23.6 Å². The van der Waals surface area contributed by atoms with Crippen molar-refractivity contribution in [3.8, 4) is 0 Å². The second kappa shape index (κ2) is 7.56. The average molecular weight is 356 g/mol. The van der Waals surface area contributed by atoms with E-state index >= 15 is 0 Å². The highest BCUT2D eigenvalue weighted by Crippen LogP contribution is 2.32. The van der Waals surface area contributed by atoms with E-state index in [1.165, 1.54) is 6.07 Å². The van der Waals surface area contributed by atoms with Crippen LogP contribution in [0, 0.1) is 0 Å². The summed E-state index contributed by atoms with van der Waals surface area (Å²) < 4.78 is 74.1. The van der Waals surface area contributed by atoms with E-state index in [9.17, 15) is 31.1 Å². The molecule has 0 radical (unpaired) electrons. The summed E-state index contributed by atoms with van der Waals surface area (Å²) in [5.41, 5.74) is -0.808. The first-order valence-corrected chi connectivity index (χ1v) is 6.55. The maximum absolute atomic E-state index is 12.7. The standard InChI is InChI=1S/C13H10F6N2OS/c14-12(15,16)9-3-1-2-8(6-9)10(21-7-23)4-5-20-11(22)13(17,18)19/h1-3,6,10H,4-5H2,(H,20,22). The van der Waals surface area contributed by atoms with Crippen LogP contribution in [0.4, 0.5) is 26.3 Å². The Kier molecular flexibility index (Phi) is 6.28. The number of aliphatic imine (C=N–C) groups is 1. The summed E-state index contributed by atoms with van der Waals surface area (Å²) >= 11 is 4.39. The number of carbonyl (C=O) groups is 1. The van der Waals surface area contributed by atoms with Crippen molar-refractivity contribution in [2.24, 2.45) is 4.99 Å². The molecule has 126 valence electrons. The van der Waals surface area contributed by atoms with Crippen LogP contribution in [-0.4, -0.2) is 23.8 Å². The van der Waals surface area contributed by atoms with Crippen molar-refractivity contribution in [1.29, 1.82) is 0 Å². The predicted molar refractivity (Wildman–Crippen MR) is 72.9 cm³/mol. The van der Waals surface area contributed by atoms with Gasteiger partial charge in [-0.2, -0.15) is 26.3 Å². The number of amides is 1. The smallest absolute Gasteiger partial charge is 0.348 e. The van der Waals surface area contributed by atoms with Gasteiger partial charge in [-0.25, -0.2) is 4.99 Å². The number of thiocarbonyl (C=S) groups is 1. The maximum atomic E-state index is 12.7. The van der Waals surface area contributed by atoms with Gasteiger partial charge in [-0.15, -0.1) is 0 Å². The van der Waals surface area contributed by atoms with Gasteiger partial charge >= 0.3 is 18.3 Å². The van der Waals surface area contributed by atoms with Crippen LogP contribution in [0.2, 0.25) is 0 Å². The fourth-order valence-corrected chi connectivity index (χ4v) is 1.84. The lowest BCUT2D eigenvalue weighted by atomic mass is 10.0. The molecule has 1 aromatic rings. The van der Waals surface area contributed by atoms with E-state index in [0.29, 0.717) is 0 Å². The van der Waals surface area contributed by atoms with Crippen LogP contribution >= 0.6 is 12.2 Å². The van der Waals surface area contributed by atoms with Gasteiger partial charge in [0.05, 0.1) is 16.8 Å². The number of nitrogens with one attached hydrogen (secondary N) is 1. The molecule has 0 fully saturated rings. The summed E-state index contributed by atoms with van der Waals surface area (Å²) in [6.45, 7) is -0.431. The number of rotatable bonds is 5. The molecule has 0 aliphatic carbocycles. The lowest BCUT2D eigenvalue weighted by Crippen LogP contribution is -2.37. The normalized spacial score (nSPS) is 13.1. The zero-order valence-electron chi connectivity index (χ0n) is 11.3. The van der Waals surface area contributed by atoms with Crippen molar-refractivity contribution < 1.29 is 31.1 Å². The molecule has 10 heteroatoms. The first-order chi connectivity index (χ1) is 10.6. The molecule has 23 heavy (non-hydrogen) atoms. The molecule has 1 atom stereocenters. The lowest BCUT2D eigenvalue weighted by molar-refractivity contribution is -0.173. The van der Waals surface area contributed by atoms with Crippen LogP contribution in [0.25, 0.3) is 0 Å². The van der Waals surface area contributed by atoms with E-state index in [1.54, 1.807) is 5.32 Å². The van der Waals surface area contributed by atoms with Crippen LogP contribution in [0.3, 0.4) is 0 Å². The Morgan fingerprint density at radius 1 is 1.26 bits per heavy atom. The zero-order chi connectivity index (χ0) is 17.7. The third kappa shape index (κ3) is 5.99. The van der Waals surface area contributed by atoms with Crippen molar-refractivity contribution in [1.82, 2.24) is 5.32 Å². The molecule has 0 aliphatic heterocycles. The van der Waals surface area contributed by atoms with Gasteiger partial charge in [0.2, 0.25) is 0 Å². The highest BCUT2D eigenvalue weighted by molar-refractivity contribution is 7.78. The number of nitrogens with zero attached hydrogens (tertiary/aromatic N) is 1. The summed E-state index contributed by atoms with van der Waals surface area (Å²) in [6.07, 6.45) is -9.75. The Balaban J connectivity index is 2.84. The van der Waals surface area contributed by atoms with E-state index in [-0.39, 0.29) is 12.0 Å². The fraction of sp³-hybridized carbons (Fsp3) is 0.385. The third-order valence-electron chi connectivity index (χ3n) is 2.77. The molecule has 0 saturated carbocycles. The van der Waals surface area contributed by atoms with Crippen LogP contribution < -0.4 is 5.32 Å². The Morgan fingerprint density at radius 2 is 1.91 bits per heavy atom. The second-order valence-corrected chi connectivity index (χ2v) is 4.58. The van der Waals surface area contributed by atoms with Crippen molar-refractivity contribution in [2.45, 2.75) is 24.8 Å². The summed E-state index contributed by atoms with van der Waals surface area (Å²) in [5, 5.41) is 3.60. The monoisotopic (exact) mass is 356 g/mol. The molecule has 0 heterocycles. The highest BCUT2D eigenvalue weighted by Gasteiger charge is 2.38.